The summed E-state index contributed by atoms with van der Waals surface area (Å²) in [6, 6.07) is -0.128. The van der Waals surface area contributed by atoms with E-state index in [4.69, 9.17) is 5.73 Å². The molecule has 0 aliphatic carbocycles. The quantitative estimate of drug-likeness (QED) is 0.754. The van der Waals surface area contributed by atoms with Crippen LogP contribution >= 0.6 is 0 Å². The van der Waals surface area contributed by atoms with Crippen molar-refractivity contribution in [3.05, 3.63) is 11.9 Å². The van der Waals surface area contributed by atoms with Crippen molar-refractivity contribution in [2.45, 2.75) is 25.9 Å². The van der Waals surface area contributed by atoms with Gasteiger partial charge in [-0.05, 0) is 6.42 Å². The van der Waals surface area contributed by atoms with Gasteiger partial charge in [0.1, 0.15) is 9.84 Å². The molecule has 1 aromatic heterocycles. The molecule has 1 rings (SSSR count). The van der Waals surface area contributed by atoms with E-state index in [0.717, 1.165) is 6.42 Å². The van der Waals surface area contributed by atoms with Crippen LogP contribution in [0.2, 0.25) is 0 Å². The lowest BCUT2D eigenvalue weighted by molar-refractivity contribution is 0.579. The zero-order chi connectivity index (χ0) is 11.5. The van der Waals surface area contributed by atoms with Crippen molar-refractivity contribution in [3.63, 3.8) is 0 Å². The number of aryl methyl sites for hydroxylation is 1. The van der Waals surface area contributed by atoms with Crippen molar-refractivity contribution in [1.82, 2.24) is 15.0 Å². The first kappa shape index (κ1) is 12.1. The normalized spacial score (nSPS) is 14.1. The Kier molecular flexibility index (Phi) is 3.81. The van der Waals surface area contributed by atoms with Gasteiger partial charge in [-0.2, -0.15) is 0 Å². The SMILES string of the molecule is CCC(N)c1cn(CCS(C)(=O)=O)nn1. The number of rotatable bonds is 5. The molecule has 0 fully saturated rings. The Morgan fingerprint density at radius 2 is 2.27 bits per heavy atom. The van der Waals surface area contributed by atoms with Crippen LogP contribution in [0, 0.1) is 0 Å². The first-order chi connectivity index (χ1) is 6.92. The zero-order valence-electron chi connectivity index (χ0n) is 8.92. The molecular formula is C8H16N4O2S. The van der Waals surface area contributed by atoms with Gasteiger partial charge in [0, 0.05) is 6.26 Å². The van der Waals surface area contributed by atoms with Gasteiger partial charge in [-0.15, -0.1) is 5.10 Å². The highest BCUT2D eigenvalue weighted by Crippen LogP contribution is 2.08. The van der Waals surface area contributed by atoms with E-state index in [1.807, 2.05) is 6.92 Å². The molecule has 1 heterocycles. The molecular weight excluding hydrogens is 216 g/mol. The maximum atomic E-state index is 10.9. The van der Waals surface area contributed by atoms with Crippen LogP contribution < -0.4 is 5.73 Å². The number of aromatic nitrogens is 3. The van der Waals surface area contributed by atoms with E-state index in [0.29, 0.717) is 12.2 Å². The van der Waals surface area contributed by atoms with Crippen LogP contribution in [0.4, 0.5) is 0 Å². The van der Waals surface area contributed by atoms with Gasteiger partial charge in [0.15, 0.2) is 0 Å². The molecule has 0 aromatic carbocycles. The standard InChI is InChI=1S/C8H16N4O2S/c1-3-7(9)8-6-12(11-10-8)4-5-15(2,13)14/h6-7H,3-5,9H2,1-2H3. The van der Waals surface area contributed by atoms with Crippen LogP contribution in [0.3, 0.4) is 0 Å². The van der Waals surface area contributed by atoms with Crippen LogP contribution in [-0.2, 0) is 16.4 Å². The lowest BCUT2D eigenvalue weighted by atomic mass is 10.2. The van der Waals surface area contributed by atoms with Crippen LogP contribution in [0.15, 0.2) is 6.20 Å². The molecule has 1 unspecified atom stereocenters. The maximum Gasteiger partial charge on any atom is 0.149 e. The molecule has 86 valence electrons. The number of nitrogens with zero attached hydrogens (tertiary/aromatic N) is 3. The summed E-state index contributed by atoms with van der Waals surface area (Å²) in [6.07, 6.45) is 3.67. The minimum Gasteiger partial charge on any atom is -0.323 e. The van der Waals surface area contributed by atoms with Crippen LogP contribution in [0.1, 0.15) is 25.1 Å². The summed E-state index contributed by atoms with van der Waals surface area (Å²) >= 11 is 0. The number of hydrogen-bond acceptors (Lipinski definition) is 5. The summed E-state index contributed by atoms with van der Waals surface area (Å²) in [6.45, 7) is 2.28. The molecule has 7 heteroatoms. The second kappa shape index (κ2) is 4.71. The lowest BCUT2D eigenvalue weighted by Crippen LogP contribution is -2.11. The number of hydrogen-bond donors (Lipinski definition) is 1. The third kappa shape index (κ3) is 3.96. The lowest BCUT2D eigenvalue weighted by Gasteiger charge is -2.01. The number of sulfone groups is 1. The molecule has 0 amide bonds. The fourth-order valence-electron chi connectivity index (χ4n) is 1.06. The Morgan fingerprint density at radius 1 is 1.60 bits per heavy atom. The van der Waals surface area contributed by atoms with Crippen LogP contribution in [0.25, 0.3) is 0 Å². The van der Waals surface area contributed by atoms with Crippen LogP contribution in [-0.4, -0.2) is 35.4 Å². The monoisotopic (exact) mass is 232 g/mol. The Morgan fingerprint density at radius 3 is 2.80 bits per heavy atom. The van der Waals surface area contributed by atoms with Crippen molar-refractivity contribution in [2.75, 3.05) is 12.0 Å². The van der Waals surface area contributed by atoms with Crippen molar-refractivity contribution in [3.8, 4) is 0 Å². The largest absolute Gasteiger partial charge is 0.323 e. The summed E-state index contributed by atoms with van der Waals surface area (Å²) < 4.78 is 23.3. The molecule has 2 N–H and O–H groups in total. The van der Waals surface area contributed by atoms with E-state index in [1.165, 1.54) is 10.9 Å². The predicted octanol–water partition coefficient (Wildman–Crippen LogP) is -0.267. The van der Waals surface area contributed by atoms with Crippen molar-refractivity contribution in [1.29, 1.82) is 0 Å². The zero-order valence-corrected chi connectivity index (χ0v) is 9.74. The predicted molar refractivity (Wildman–Crippen MR) is 57.0 cm³/mol. The molecule has 0 saturated carbocycles. The average molecular weight is 232 g/mol. The highest BCUT2D eigenvalue weighted by molar-refractivity contribution is 7.90. The summed E-state index contributed by atoms with van der Waals surface area (Å²) in [7, 11) is -2.96. The first-order valence-corrected chi connectivity index (χ1v) is 6.81. The van der Waals surface area contributed by atoms with E-state index < -0.39 is 9.84 Å². The molecule has 1 atom stereocenters. The molecule has 0 saturated heterocycles. The van der Waals surface area contributed by atoms with Gasteiger partial charge in [0.2, 0.25) is 0 Å². The minimum atomic E-state index is -2.96. The average Bonchev–Trinajstić information content (AvgIpc) is 2.61. The van der Waals surface area contributed by atoms with Gasteiger partial charge in [-0.25, -0.2) is 8.42 Å². The molecule has 0 aliphatic heterocycles. The summed E-state index contributed by atoms with van der Waals surface area (Å²) in [5.74, 6) is 0.0666. The van der Waals surface area contributed by atoms with Gasteiger partial charge < -0.3 is 5.73 Å². The molecule has 15 heavy (non-hydrogen) atoms. The van der Waals surface area contributed by atoms with E-state index in [9.17, 15) is 8.42 Å². The Hall–Kier alpha value is -0.950. The molecule has 0 bridgehead atoms. The molecule has 1 aromatic rings. The van der Waals surface area contributed by atoms with Gasteiger partial charge in [0.25, 0.3) is 0 Å². The van der Waals surface area contributed by atoms with Gasteiger partial charge in [0.05, 0.1) is 30.2 Å². The summed E-state index contributed by atoms with van der Waals surface area (Å²) in [5, 5.41) is 7.69. The molecule has 0 spiro atoms. The maximum absolute atomic E-state index is 10.9. The second-order valence-corrected chi connectivity index (χ2v) is 5.81. The number of nitrogens with two attached hydrogens (primary N) is 1. The van der Waals surface area contributed by atoms with E-state index in [1.54, 1.807) is 6.20 Å². The minimum absolute atomic E-state index is 0.0666. The van der Waals surface area contributed by atoms with E-state index >= 15 is 0 Å². The third-order valence-corrected chi connectivity index (χ3v) is 2.99. The molecule has 6 nitrogen and oxygen atoms in total. The molecule has 0 radical (unpaired) electrons. The highest BCUT2D eigenvalue weighted by Gasteiger charge is 2.09. The van der Waals surface area contributed by atoms with Crippen molar-refractivity contribution < 1.29 is 8.42 Å². The first-order valence-electron chi connectivity index (χ1n) is 4.75. The highest BCUT2D eigenvalue weighted by atomic mass is 32.2. The second-order valence-electron chi connectivity index (χ2n) is 3.55. The topological polar surface area (TPSA) is 90.9 Å². The van der Waals surface area contributed by atoms with Gasteiger partial charge >= 0.3 is 0 Å². The fraction of sp³-hybridized carbons (Fsp3) is 0.750. The Labute approximate surface area is 89.4 Å². The van der Waals surface area contributed by atoms with Gasteiger partial charge in [-0.3, -0.25) is 4.68 Å². The van der Waals surface area contributed by atoms with E-state index in [2.05, 4.69) is 10.3 Å². The van der Waals surface area contributed by atoms with Crippen LogP contribution in [0.5, 0.6) is 0 Å². The summed E-state index contributed by atoms with van der Waals surface area (Å²) in [5.41, 5.74) is 6.46. The fourth-order valence-corrected chi connectivity index (χ4v) is 1.58. The van der Waals surface area contributed by atoms with Gasteiger partial charge in [-0.1, -0.05) is 12.1 Å². The van der Waals surface area contributed by atoms with Crippen molar-refractivity contribution >= 4 is 9.84 Å². The Balaban J connectivity index is 2.61. The van der Waals surface area contributed by atoms with E-state index in [-0.39, 0.29) is 11.8 Å². The summed E-state index contributed by atoms with van der Waals surface area (Å²) in [4.78, 5) is 0. The van der Waals surface area contributed by atoms with Crippen molar-refractivity contribution in [2.24, 2.45) is 5.73 Å². The Bertz CT molecular complexity index is 412. The molecule has 0 aliphatic rings. The smallest absolute Gasteiger partial charge is 0.149 e. The third-order valence-electron chi connectivity index (χ3n) is 2.07.